The van der Waals surface area contributed by atoms with Crippen molar-refractivity contribution in [1.29, 1.82) is 0 Å². The van der Waals surface area contributed by atoms with Crippen LogP contribution in [0.25, 0.3) is 10.9 Å². The molecule has 6 nitrogen and oxygen atoms in total. The molecule has 1 atom stereocenters. The van der Waals surface area contributed by atoms with Gasteiger partial charge in [0.15, 0.2) is 0 Å². The number of aromatic nitrogens is 1. The number of pyridine rings is 1. The van der Waals surface area contributed by atoms with Gasteiger partial charge in [0.2, 0.25) is 5.91 Å². The van der Waals surface area contributed by atoms with Gasteiger partial charge in [0.25, 0.3) is 5.91 Å². The van der Waals surface area contributed by atoms with Crippen LogP contribution in [0.15, 0.2) is 60.7 Å². The smallest absolute Gasteiger partial charge is 0.250 e. The van der Waals surface area contributed by atoms with Crippen LogP contribution in [-0.2, 0) is 4.79 Å². The van der Waals surface area contributed by atoms with Gasteiger partial charge in [-0.1, -0.05) is 62.4 Å². The zero-order valence-electron chi connectivity index (χ0n) is 19.4. The Bertz CT molecular complexity index is 1120. The molecular weight excluding hydrogens is 412 g/mol. The first kappa shape index (κ1) is 22.9. The molecule has 1 aliphatic rings. The standard InChI is InChI=1S/C27H32N4O2/c1-3-30(4-2)25(20-10-6-5-7-11-20)27(33)31-16-14-19(15-17-31)24-22(26(28)32)18-21-12-8-9-13-23(21)29-24/h5-13,18-19,25H,3-4,14-17H2,1-2H3,(H2,28,32). The fourth-order valence-corrected chi connectivity index (χ4v) is 4.92. The van der Waals surface area contributed by atoms with E-state index in [0.717, 1.165) is 48.1 Å². The minimum atomic E-state index is -0.451. The van der Waals surface area contributed by atoms with Crippen molar-refractivity contribution in [3.63, 3.8) is 0 Å². The molecule has 1 saturated heterocycles. The Hall–Kier alpha value is -3.25. The molecule has 0 aliphatic carbocycles. The van der Waals surface area contributed by atoms with Gasteiger partial charge in [0.1, 0.15) is 6.04 Å². The number of nitrogens with two attached hydrogens (primary N) is 1. The molecule has 2 heterocycles. The summed E-state index contributed by atoms with van der Waals surface area (Å²) < 4.78 is 0. The van der Waals surface area contributed by atoms with Crippen molar-refractivity contribution < 1.29 is 9.59 Å². The minimum absolute atomic E-state index is 0.102. The molecular formula is C27H32N4O2. The van der Waals surface area contributed by atoms with E-state index in [-0.39, 0.29) is 17.9 Å². The predicted molar refractivity (Wildman–Crippen MR) is 131 cm³/mol. The number of hydrogen-bond acceptors (Lipinski definition) is 4. The van der Waals surface area contributed by atoms with E-state index < -0.39 is 5.91 Å². The Morgan fingerprint density at radius 1 is 1.03 bits per heavy atom. The van der Waals surface area contributed by atoms with Gasteiger partial charge in [-0.2, -0.15) is 0 Å². The van der Waals surface area contributed by atoms with E-state index in [1.807, 2.05) is 65.6 Å². The molecule has 0 radical (unpaired) electrons. The van der Waals surface area contributed by atoms with Crippen LogP contribution in [0.2, 0.25) is 0 Å². The van der Waals surface area contributed by atoms with Crippen molar-refractivity contribution in [3.8, 4) is 0 Å². The lowest BCUT2D eigenvalue weighted by molar-refractivity contribution is -0.138. The number of piperidine rings is 1. The Balaban J connectivity index is 1.55. The van der Waals surface area contributed by atoms with E-state index in [0.29, 0.717) is 18.7 Å². The van der Waals surface area contributed by atoms with Gasteiger partial charge in [-0.3, -0.25) is 19.5 Å². The molecule has 1 fully saturated rings. The maximum absolute atomic E-state index is 13.6. The van der Waals surface area contributed by atoms with Crippen LogP contribution in [0.1, 0.15) is 60.3 Å². The van der Waals surface area contributed by atoms with Gasteiger partial charge in [-0.05, 0) is 43.6 Å². The lowest BCUT2D eigenvalue weighted by atomic mass is 9.89. The van der Waals surface area contributed by atoms with Crippen LogP contribution in [0, 0.1) is 0 Å². The van der Waals surface area contributed by atoms with Crippen molar-refractivity contribution in [1.82, 2.24) is 14.8 Å². The first-order chi connectivity index (χ1) is 16.0. The second kappa shape index (κ2) is 10.1. The second-order valence-corrected chi connectivity index (χ2v) is 8.61. The molecule has 0 saturated carbocycles. The molecule has 0 spiro atoms. The summed E-state index contributed by atoms with van der Waals surface area (Å²) in [5.74, 6) is -0.206. The van der Waals surface area contributed by atoms with Crippen LogP contribution in [0.4, 0.5) is 0 Å². The van der Waals surface area contributed by atoms with Crippen LogP contribution in [0.5, 0.6) is 0 Å². The zero-order chi connectivity index (χ0) is 23.4. The van der Waals surface area contributed by atoms with Crippen molar-refractivity contribution in [2.75, 3.05) is 26.2 Å². The van der Waals surface area contributed by atoms with Crippen molar-refractivity contribution in [2.45, 2.75) is 38.6 Å². The van der Waals surface area contributed by atoms with Gasteiger partial charge >= 0.3 is 0 Å². The second-order valence-electron chi connectivity index (χ2n) is 8.61. The highest BCUT2D eigenvalue weighted by Crippen LogP contribution is 2.33. The van der Waals surface area contributed by atoms with Gasteiger partial charge in [-0.15, -0.1) is 0 Å². The number of rotatable bonds is 7. The lowest BCUT2D eigenvalue weighted by Crippen LogP contribution is -2.46. The minimum Gasteiger partial charge on any atom is -0.366 e. The monoisotopic (exact) mass is 444 g/mol. The predicted octanol–water partition coefficient (Wildman–Crippen LogP) is 4.12. The zero-order valence-corrected chi connectivity index (χ0v) is 19.4. The molecule has 33 heavy (non-hydrogen) atoms. The summed E-state index contributed by atoms with van der Waals surface area (Å²) in [4.78, 5) is 34.8. The number of amides is 2. The van der Waals surface area contributed by atoms with E-state index in [4.69, 9.17) is 10.7 Å². The molecule has 3 aromatic rings. The van der Waals surface area contributed by atoms with Crippen LogP contribution >= 0.6 is 0 Å². The fourth-order valence-electron chi connectivity index (χ4n) is 4.92. The molecule has 0 bridgehead atoms. The summed E-state index contributed by atoms with van der Waals surface area (Å²) in [5, 5.41) is 0.910. The third kappa shape index (κ3) is 4.76. The molecule has 2 N–H and O–H groups in total. The number of primary amides is 1. The lowest BCUT2D eigenvalue weighted by Gasteiger charge is -2.37. The number of nitrogens with zero attached hydrogens (tertiary/aromatic N) is 3. The number of carbonyl (C=O) groups is 2. The normalized spacial score (nSPS) is 15.7. The third-order valence-corrected chi connectivity index (χ3v) is 6.74. The third-order valence-electron chi connectivity index (χ3n) is 6.74. The average Bonchev–Trinajstić information content (AvgIpc) is 2.86. The van der Waals surface area contributed by atoms with E-state index in [1.54, 1.807) is 0 Å². The van der Waals surface area contributed by atoms with Gasteiger partial charge in [0.05, 0.1) is 16.8 Å². The van der Waals surface area contributed by atoms with Crippen LogP contribution in [0.3, 0.4) is 0 Å². The van der Waals surface area contributed by atoms with E-state index in [9.17, 15) is 9.59 Å². The summed E-state index contributed by atoms with van der Waals surface area (Å²) in [6.45, 7) is 7.08. The largest absolute Gasteiger partial charge is 0.366 e. The quantitative estimate of drug-likeness (QED) is 0.594. The fraction of sp³-hybridized carbons (Fsp3) is 0.370. The highest BCUT2D eigenvalue weighted by molar-refractivity contribution is 5.97. The highest BCUT2D eigenvalue weighted by atomic mass is 16.2. The number of hydrogen-bond donors (Lipinski definition) is 1. The molecule has 2 aromatic carbocycles. The van der Waals surface area contributed by atoms with Crippen molar-refractivity contribution in [3.05, 3.63) is 77.5 Å². The summed E-state index contributed by atoms with van der Waals surface area (Å²) in [6.07, 6.45) is 1.52. The van der Waals surface area contributed by atoms with E-state index >= 15 is 0 Å². The van der Waals surface area contributed by atoms with Crippen molar-refractivity contribution in [2.24, 2.45) is 5.73 Å². The summed E-state index contributed by atoms with van der Waals surface area (Å²) in [7, 11) is 0. The molecule has 4 rings (SSSR count). The molecule has 2 amide bonds. The molecule has 172 valence electrons. The Kier molecular flexibility index (Phi) is 7.04. The summed E-state index contributed by atoms with van der Waals surface area (Å²) in [6, 6.07) is 19.4. The van der Waals surface area contributed by atoms with Crippen molar-refractivity contribution >= 4 is 22.7 Å². The Morgan fingerprint density at radius 2 is 1.67 bits per heavy atom. The Morgan fingerprint density at radius 3 is 2.30 bits per heavy atom. The van der Waals surface area contributed by atoms with Gasteiger partial charge < -0.3 is 10.6 Å². The first-order valence-electron chi connectivity index (χ1n) is 11.8. The first-order valence-corrected chi connectivity index (χ1v) is 11.8. The number of benzene rings is 2. The number of likely N-dealkylation sites (N-methyl/N-ethyl adjacent to an activating group) is 1. The molecule has 6 heteroatoms. The maximum atomic E-state index is 13.6. The number of carbonyl (C=O) groups excluding carboxylic acids is 2. The van der Waals surface area contributed by atoms with Crippen LogP contribution in [-0.4, -0.2) is 52.8 Å². The molecule has 1 aliphatic heterocycles. The van der Waals surface area contributed by atoms with E-state index in [1.165, 1.54) is 0 Å². The van der Waals surface area contributed by atoms with E-state index in [2.05, 4.69) is 18.7 Å². The van der Waals surface area contributed by atoms with Crippen LogP contribution < -0.4 is 5.73 Å². The average molecular weight is 445 g/mol. The number of likely N-dealkylation sites (tertiary alicyclic amines) is 1. The SMILES string of the molecule is CCN(CC)C(C(=O)N1CCC(c2nc3ccccc3cc2C(N)=O)CC1)c1ccccc1. The molecule has 1 aromatic heterocycles. The highest BCUT2D eigenvalue weighted by Gasteiger charge is 2.33. The maximum Gasteiger partial charge on any atom is 0.250 e. The number of fused-ring (bicyclic) bond motifs is 1. The molecule has 1 unspecified atom stereocenters. The summed E-state index contributed by atoms with van der Waals surface area (Å²) >= 11 is 0. The Labute approximate surface area is 195 Å². The topological polar surface area (TPSA) is 79.5 Å². The number of para-hydroxylation sites is 1. The van der Waals surface area contributed by atoms with Gasteiger partial charge in [0, 0.05) is 24.4 Å². The van der Waals surface area contributed by atoms with Gasteiger partial charge in [-0.25, -0.2) is 0 Å². The summed E-state index contributed by atoms with van der Waals surface area (Å²) in [5.41, 5.74) is 8.85.